The zero-order valence-corrected chi connectivity index (χ0v) is 18.5. The molecule has 0 saturated heterocycles. The Morgan fingerprint density at radius 2 is 1.84 bits per heavy atom. The first-order valence-corrected chi connectivity index (χ1v) is 11.3. The first-order valence-electron chi connectivity index (χ1n) is 10.4. The van der Waals surface area contributed by atoms with Crippen LogP contribution in [0.3, 0.4) is 0 Å². The Morgan fingerprint density at radius 3 is 2.58 bits per heavy atom. The number of thiophene rings is 1. The van der Waals surface area contributed by atoms with Crippen molar-refractivity contribution in [3.63, 3.8) is 0 Å². The molecule has 1 aliphatic heterocycles. The lowest BCUT2D eigenvalue weighted by Gasteiger charge is -2.37. The Labute approximate surface area is 186 Å². The molecule has 31 heavy (non-hydrogen) atoms. The van der Waals surface area contributed by atoms with Crippen LogP contribution in [0.5, 0.6) is 11.5 Å². The topological polar surface area (TPSA) is 39.5 Å². The normalized spacial score (nSPS) is 16.1. The van der Waals surface area contributed by atoms with Gasteiger partial charge in [0.25, 0.3) is 0 Å². The number of fused-ring (bicyclic) bond motifs is 1. The molecule has 1 aliphatic rings. The number of nitrogens with zero attached hydrogens (tertiary/aromatic N) is 3. The molecule has 4 aromatic rings. The van der Waals surface area contributed by atoms with E-state index in [1.165, 1.54) is 21.6 Å². The van der Waals surface area contributed by atoms with Crippen LogP contribution in [0.1, 0.15) is 27.6 Å². The predicted octanol–water partition coefficient (Wildman–Crippen LogP) is 5.10. The molecule has 0 amide bonds. The SMILES string of the molecule is COc1cc2c(cc1OC)C(c1cccs1)N(Cc1cnn(-c3ccccc3)c1)CC2. The van der Waals surface area contributed by atoms with Crippen LogP contribution in [-0.2, 0) is 13.0 Å². The lowest BCUT2D eigenvalue weighted by atomic mass is 9.90. The standard InChI is InChI=1S/C25H25N3O2S/c1-29-22-13-19-10-11-27(16-18-15-26-28(17-18)20-7-4-3-5-8-20)25(24-9-6-12-31-24)21(19)14-23(22)30-2/h3-9,12-15,17,25H,10-11,16H2,1-2H3. The quantitative estimate of drug-likeness (QED) is 0.426. The fraction of sp³-hybridized carbons (Fsp3) is 0.240. The molecule has 0 spiro atoms. The van der Waals surface area contributed by atoms with Crippen LogP contribution < -0.4 is 9.47 Å². The minimum atomic E-state index is 0.184. The number of ether oxygens (including phenoxy) is 2. The van der Waals surface area contributed by atoms with Crippen LogP contribution in [0.2, 0.25) is 0 Å². The van der Waals surface area contributed by atoms with E-state index in [-0.39, 0.29) is 6.04 Å². The van der Waals surface area contributed by atoms with Crippen LogP contribution in [0.25, 0.3) is 5.69 Å². The van der Waals surface area contributed by atoms with Gasteiger partial charge in [-0.1, -0.05) is 24.3 Å². The van der Waals surface area contributed by atoms with Gasteiger partial charge in [-0.3, -0.25) is 4.90 Å². The van der Waals surface area contributed by atoms with Gasteiger partial charge in [0.15, 0.2) is 11.5 Å². The van der Waals surface area contributed by atoms with Gasteiger partial charge in [0.2, 0.25) is 0 Å². The molecule has 0 N–H and O–H groups in total. The van der Waals surface area contributed by atoms with Crippen molar-refractivity contribution in [2.24, 2.45) is 0 Å². The number of para-hydroxylation sites is 1. The average molecular weight is 432 g/mol. The summed E-state index contributed by atoms with van der Waals surface area (Å²) in [5, 5.41) is 6.74. The maximum Gasteiger partial charge on any atom is 0.161 e. The zero-order chi connectivity index (χ0) is 21.2. The van der Waals surface area contributed by atoms with E-state index in [1.54, 1.807) is 25.6 Å². The fourth-order valence-corrected chi connectivity index (χ4v) is 5.22. The molecule has 1 atom stereocenters. The Hall–Kier alpha value is -3.09. The zero-order valence-electron chi connectivity index (χ0n) is 17.7. The molecule has 5 rings (SSSR count). The van der Waals surface area contributed by atoms with E-state index in [9.17, 15) is 0 Å². The van der Waals surface area contributed by atoms with Crippen LogP contribution in [0.4, 0.5) is 0 Å². The maximum absolute atomic E-state index is 5.62. The van der Waals surface area contributed by atoms with Crippen molar-refractivity contribution in [1.82, 2.24) is 14.7 Å². The minimum Gasteiger partial charge on any atom is -0.493 e. The molecule has 3 heterocycles. The molecular formula is C25H25N3O2S. The van der Waals surface area contributed by atoms with Crippen molar-refractivity contribution in [3.8, 4) is 17.2 Å². The van der Waals surface area contributed by atoms with Gasteiger partial charge in [0, 0.05) is 29.7 Å². The second-order valence-corrected chi connectivity index (χ2v) is 8.65. The summed E-state index contributed by atoms with van der Waals surface area (Å²) in [6.07, 6.45) is 5.08. The minimum absolute atomic E-state index is 0.184. The van der Waals surface area contributed by atoms with E-state index in [0.717, 1.165) is 36.7 Å². The second kappa shape index (κ2) is 8.57. The van der Waals surface area contributed by atoms with Gasteiger partial charge in [-0.2, -0.15) is 5.10 Å². The van der Waals surface area contributed by atoms with Crippen LogP contribution >= 0.6 is 11.3 Å². The Morgan fingerprint density at radius 1 is 1.03 bits per heavy atom. The summed E-state index contributed by atoms with van der Waals surface area (Å²) in [7, 11) is 3.39. The van der Waals surface area contributed by atoms with Gasteiger partial charge in [-0.25, -0.2) is 4.68 Å². The number of hydrogen-bond donors (Lipinski definition) is 0. The maximum atomic E-state index is 5.62. The van der Waals surface area contributed by atoms with E-state index in [4.69, 9.17) is 9.47 Å². The summed E-state index contributed by atoms with van der Waals surface area (Å²) in [5.74, 6) is 1.57. The Balaban J connectivity index is 1.49. The summed E-state index contributed by atoms with van der Waals surface area (Å²) >= 11 is 1.80. The smallest absolute Gasteiger partial charge is 0.161 e. The van der Waals surface area contributed by atoms with Crippen molar-refractivity contribution in [2.45, 2.75) is 19.0 Å². The first kappa shape index (κ1) is 19.8. The highest BCUT2D eigenvalue weighted by atomic mass is 32.1. The van der Waals surface area contributed by atoms with Crippen molar-refractivity contribution >= 4 is 11.3 Å². The summed E-state index contributed by atoms with van der Waals surface area (Å²) < 4.78 is 13.1. The van der Waals surface area contributed by atoms with Gasteiger partial charge in [-0.05, 0) is 53.3 Å². The third-order valence-corrected chi connectivity index (χ3v) is 6.75. The number of benzene rings is 2. The highest BCUT2D eigenvalue weighted by molar-refractivity contribution is 7.10. The number of methoxy groups -OCH3 is 2. The predicted molar refractivity (Wildman–Crippen MR) is 123 cm³/mol. The number of hydrogen-bond acceptors (Lipinski definition) is 5. The molecule has 2 aromatic carbocycles. The molecule has 0 aliphatic carbocycles. The second-order valence-electron chi connectivity index (χ2n) is 7.67. The molecule has 158 valence electrons. The monoisotopic (exact) mass is 431 g/mol. The van der Waals surface area contributed by atoms with E-state index in [0.29, 0.717) is 0 Å². The molecule has 6 heteroatoms. The van der Waals surface area contributed by atoms with E-state index in [1.807, 2.05) is 29.1 Å². The fourth-order valence-electron chi connectivity index (χ4n) is 4.35. The lowest BCUT2D eigenvalue weighted by molar-refractivity contribution is 0.206. The van der Waals surface area contributed by atoms with Crippen molar-refractivity contribution in [1.29, 1.82) is 0 Å². The molecule has 0 radical (unpaired) electrons. The van der Waals surface area contributed by atoms with Gasteiger partial charge in [-0.15, -0.1) is 11.3 Å². The van der Waals surface area contributed by atoms with Crippen LogP contribution in [-0.4, -0.2) is 35.4 Å². The van der Waals surface area contributed by atoms with Gasteiger partial charge < -0.3 is 9.47 Å². The summed E-state index contributed by atoms with van der Waals surface area (Å²) in [5.41, 5.74) is 4.90. The third kappa shape index (κ3) is 3.84. The van der Waals surface area contributed by atoms with Crippen molar-refractivity contribution < 1.29 is 9.47 Å². The molecule has 1 unspecified atom stereocenters. The lowest BCUT2D eigenvalue weighted by Crippen LogP contribution is -2.35. The Bertz CT molecular complexity index is 1150. The van der Waals surface area contributed by atoms with Crippen LogP contribution in [0, 0.1) is 0 Å². The third-order valence-electron chi connectivity index (χ3n) is 5.83. The summed E-state index contributed by atoms with van der Waals surface area (Å²) in [6.45, 7) is 1.81. The van der Waals surface area contributed by atoms with E-state index in [2.05, 4.69) is 58.0 Å². The van der Waals surface area contributed by atoms with E-state index >= 15 is 0 Å². The molecule has 0 saturated carbocycles. The van der Waals surface area contributed by atoms with Crippen molar-refractivity contribution in [2.75, 3.05) is 20.8 Å². The van der Waals surface area contributed by atoms with Crippen LogP contribution in [0.15, 0.2) is 72.4 Å². The Kier molecular flexibility index (Phi) is 5.49. The number of aromatic nitrogens is 2. The molecule has 0 bridgehead atoms. The molecule has 0 fully saturated rings. The molecule has 2 aromatic heterocycles. The highest BCUT2D eigenvalue weighted by Gasteiger charge is 2.31. The van der Waals surface area contributed by atoms with E-state index < -0.39 is 0 Å². The van der Waals surface area contributed by atoms with Gasteiger partial charge >= 0.3 is 0 Å². The largest absolute Gasteiger partial charge is 0.493 e. The van der Waals surface area contributed by atoms with Gasteiger partial charge in [0.05, 0.1) is 32.1 Å². The summed E-state index contributed by atoms with van der Waals surface area (Å²) in [6, 6.07) is 19.1. The van der Waals surface area contributed by atoms with Gasteiger partial charge in [0.1, 0.15) is 0 Å². The molecule has 5 nitrogen and oxygen atoms in total. The molecular weight excluding hydrogens is 406 g/mol. The van der Waals surface area contributed by atoms with Crippen molar-refractivity contribution in [3.05, 3.63) is 93.9 Å². The highest BCUT2D eigenvalue weighted by Crippen LogP contribution is 2.42. The average Bonchev–Trinajstić information content (AvgIpc) is 3.51. The first-order chi connectivity index (χ1) is 15.3. The number of rotatable bonds is 6. The summed E-state index contributed by atoms with van der Waals surface area (Å²) in [4.78, 5) is 3.87.